The number of halogens is 1. The molecule has 1 saturated carbocycles. The summed E-state index contributed by atoms with van der Waals surface area (Å²) >= 11 is 0. The van der Waals surface area contributed by atoms with Gasteiger partial charge in [0.05, 0.1) is 5.60 Å². The average molecular weight is 279 g/mol. The van der Waals surface area contributed by atoms with Gasteiger partial charge >= 0.3 is 0 Å². The van der Waals surface area contributed by atoms with Crippen LogP contribution in [0, 0.1) is 11.7 Å². The van der Waals surface area contributed by atoms with Crippen LogP contribution in [0.2, 0.25) is 0 Å². The lowest BCUT2D eigenvalue weighted by Crippen LogP contribution is -2.45. The highest BCUT2D eigenvalue weighted by Gasteiger charge is 2.33. The van der Waals surface area contributed by atoms with E-state index in [2.05, 4.69) is 12.2 Å². The van der Waals surface area contributed by atoms with Gasteiger partial charge < -0.3 is 10.4 Å². The van der Waals surface area contributed by atoms with E-state index in [9.17, 15) is 9.50 Å². The quantitative estimate of drug-likeness (QED) is 0.859. The zero-order valence-corrected chi connectivity index (χ0v) is 12.5. The molecule has 1 aliphatic carbocycles. The Balaban J connectivity index is 1.99. The average Bonchev–Trinajstić information content (AvgIpc) is 2.41. The first-order valence-electron chi connectivity index (χ1n) is 7.74. The molecule has 0 amide bonds. The Hall–Kier alpha value is -0.930. The fourth-order valence-electron chi connectivity index (χ4n) is 3.34. The number of nitrogens with one attached hydrogen (secondary N) is 1. The highest BCUT2D eigenvalue weighted by Crippen LogP contribution is 2.32. The summed E-state index contributed by atoms with van der Waals surface area (Å²) in [6, 6.07) is 6.86. The van der Waals surface area contributed by atoms with Crippen LogP contribution in [-0.2, 0) is 0 Å². The molecule has 1 fully saturated rings. The molecule has 1 aromatic rings. The molecule has 3 heteroatoms. The van der Waals surface area contributed by atoms with Gasteiger partial charge in [0.2, 0.25) is 0 Å². The third-order valence-corrected chi connectivity index (χ3v) is 4.43. The van der Waals surface area contributed by atoms with Gasteiger partial charge in [0, 0.05) is 18.2 Å². The Morgan fingerprint density at radius 1 is 1.45 bits per heavy atom. The van der Waals surface area contributed by atoms with E-state index in [1.807, 2.05) is 19.1 Å². The zero-order chi connectivity index (χ0) is 14.6. The second-order valence-electron chi connectivity index (χ2n) is 6.29. The minimum absolute atomic E-state index is 0.0301. The molecule has 0 bridgehead atoms. The van der Waals surface area contributed by atoms with E-state index in [0.29, 0.717) is 18.0 Å². The van der Waals surface area contributed by atoms with Gasteiger partial charge in [-0.25, -0.2) is 4.39 Å². The fraction of sp³-hybridized carbons (Fsp3) is 0.647. The van der Waals surface area contributed by atoms with Gasteiger partial charge in [-0.3, -0.25) is 0 Å². The first kappa shape index (κ1) is 15.5. The minimum atomic E-state index is -0.629. The van der Waals surface area contributed by atoms with Crippen LogP contribution in [-0.4, -0.2) is 17.3 Å². The summed E-state index contributed by atoms with van der Waals surface area (Å²) in [7, 11) is 0. The van der Waals surface area contributed by atoms with Crippen LogP contribution in [0.4, 0.5) is 4.39 Å². The van der Waals surface area contributed by atoms with E-state index in [1.54, 1.807) is 6.07 Å². The van der Waals surface area contributed by atoms with Gasteiger partial charge in [-0.2, -0.15) is 0 Å². The second-order valence-corrected chi connectivity index (χ2v) is 6.29. The standard InChI is InChI=1S/C17H26FNO/c1-3-16(14-8-4-5-9-15(14)18)19-12-17(20)10-6-7-13(2)11-17/h4-5,8-9,13,16,19-20H,3,6-7,10-12H2,1-2H3. The van der Waals surface area contributed by atoms with Crippen molar-refractivity contribution >= 4 is 0 Å². The van der Waals surface area contributed by atoms with E-state index in [1.165, 1.54) is 12.5 Å². The lowest BCUT2D eigenvalue weighted by molar-refractivity contribution is -0.0139. The molecule has 1 aliphatic rings. The smallest absolute Gasteiger partial charge is 0.127 e. The summed E-state index contributed by atoms with van der Waals surface area (Å²) in [5.74, 6) is 0.403. The number of hydrogen-bond acceptors (Lipinski definition) is 2. The van der Waals surface area contributed by atoms with E-state index in [4.69, 9.17) is 0 Å². The topological polar surface area (TPSA) is 32.3 Å². The highest BCUT2D eigenvalue weighted by atomic mass is 19.1. The molecule has 2 nitrogen and oxygen atoms in total. The van der Waals surface area contributed by atoms with Gasteiger partial charge in [0.25, 0.3) is 0 Å². The zero-order valence-electron chi connectivity index (χ0n) is 12.5. The number of hydrogen-bond donors (Lipinski definition) is 2. The third kappa shape index (κ3) is 3.80. The van der Waals surface area contributed by atoms with E-state index in [-0.39, 0.29) is 11.9 Å². The lowest BCUT2D eigenvalue weighted by atomic mass is 9.79. The van der Waals surface area contributed by atoms with Crippen molar-refractivity contribution in [1.82, 2.24) is 5.32 Å². The molecule has 1 aromatic carbocycles. The number of aliphatic hydroxyl groups is 1. The lowest BCUT2D eigenvalue weighted by Gasteiger charge is -2.37. The van der Waals surface area contributed by atoms with Crippen molar-refractivity contribution in [3.63, 3.8) is 0 Å². The van der Waals surface area contributed by atoms with Crippen molar-refractivity contribution in [1.29, 1.82) is 0 Å². The van der Waals surface area contributed by atoms with E-state index >= 15 is 0 Å². The van der Waals surface area contributed by atoms with Crippen LogP contribution in [0.1, 0.15) is 57.6 Å². The SMILES string of the molecule is CCC(NCC1(O)CCCC(C)C1)c1ccccc1F. The molecule has 0 heterocycles. The monoisotopic (exact) mass is 279 g/mol. The van der Waals surface area contributed by atoms with Gasteiger partial charge in [0.15, 0.2) is 0 Å². The van der Waals surface area contributed by atoms with Crippen molar-refractivity contribution in [2.75, 3.05) is 6.54 Å². The Kier molecular flexibility index (Phi) is 5.17. The van der Waals surface area contributed by atoms with Gasteiger partial charge in [0.1, 0.15) is 5.82 Å². The van der Waals surface area contributed by atoms with Crippen LogP contribution >= 0.6 is 0 Å². The normalized spacial score (nSPS) is 28.3. The minimum Gasteiger partial charge on any atom is -0.389 e. The van der Waals surface area contributed by atoms with Crippen molar-refractivity contribution in [3.05, 3.63) is 35.6 Å². The predicted octanol–water partition coefficient (Wildman–Crippen LogP) is 3.81. The van der Waals surface area contributed by atoms with Crippen molar-refractivity contribution in [2.24, 2.45) is 5.92 Å². The summed E-state index contributed by atoms with van der Waals surface area (Å²) in [6.45, 7) is 4.78. The molecule has 2 rings (SSSR count). The Morgan fingerprint density at radius 3 is 2.85 bits per heavy atom. The van der Waals surface area contributed by atoms with Crippen LogP contribution < -0.4 is 5.32 Å². The molecule has 0 spiro atoms. The maximum Gasteiger partial charge on any atom is 0.127 e. The van der Waals surface area contributed by atoms with E-state index < -0.39 is 5.60 Å². The fourth-order valence-corrected chi connectivity index (χ4v) is 3.34. The molecule has 0 aromatic heterocycles. The Morgan fingerprint density at radius 2 is 2.20 bits per heavy atom. The molecule has 0 saturated heterocycles. The first-order chi connectivity index (χ1) is 9.54. The molecule has 0 aliphatic heterocycles. The van der Waals surface area contributed by atoms with Crippen molar-refractivity contribution in [2.45, 2.75) is 57.6 Å². The predicted molar refractivity (Wildman–Crippen MR) is 80.0 cm³/mol. The molecule has 112 valence electrons. The molecular weight excluding hydrogens is 253 g/mol. The Bertz CT molecular complexity index is 437. The molecule has 20 heavy (non-hydrogen) atoms. The van der Waals surface area contributed by atoms with Gasteiger partial charge in [-0.05, 0) is 31.2 Å². The van der Waals surface area contributed by atoms with Crippen LogP contribution in [0.15, 0.2) is 24.3 Å². The summed E-state index contributed by atoms with van der Waals surface area (Å²) in [5.41, 5.74) is 0.0681. The summed E-state index contributed by atoms with van der Waals surface area (Å²) in [5, 5.41) is 14.0. The summed E-state index contributed by atoms with van der Waals surface area (Å²) in [4.78, 5) is 0. The largest absolute Gasteiger partial charge is 0.389 e. The molecule has 0 radical (unpaired) electrons. The third-order valence-electron chi connectivity index (χ3n) is 4.43. The molecule has 3 atom stereocenters. The summed E-state index contributed by atoms with van der Waals surface area (Å²) < 4.78 is 13.8. The van der Waals surface area contributed by atoms with Crippen LogP contribution in [0.5, 0.6) is 0 Å². The molecular formula is C17H26FNO. The maximum absolute atomic E-state index is 13.8. The Labute approximate surface area is 121 Å². The first-order valence-corrected chi connectivity index (χ1v) is 7.74. The number of rotatable bonds is 5. The summed E-state index contributed by atoms with van der Waals surface area (Å²) in [6.07, 6.45) is 4.78. The van der Waals surface area contributed by atoms with Gasteiger partial charge in [-0.1, -0.05) is 44.9 Å². The van der Waals surface area contributed by atoms with Crippen molar-refractivity contribution < 1.29 is 9.50 Å². The molecule has 3 unspecified atom stereocenters. The molecule has 2 N–H and O–H groups in total. The van der Waals surface area contributed by atoms with Crippen molar-refractivity contribution in [3.8, 4) is 0 Å². The second kappa shape index (κ2) is 6.68. The highest BCUT2D eigenvalue weighted by molar-refractivity contribution is 5.21. The van der Waals surface area contributed by atoms with E-state index in [0.717, 1.165) is 25.7 Å². The van der Waals surface area contributed by atoms with Crippen LogP contribution in [0.3, 0.4) is 0 Å². The van der Waals surface area contributed by atoms with Crippen LogP contribution in [0.25, 0.3) is 0 Å². The maximum atomic E-state index is 13.8. The van der Waals surface area contributed by atoms with Gasteiger partial charge in [-0.15, -0.1) is 0 Å². The number of benzene rings is 1.